The van der Waals surface area contributed by atoms with Crippen LogP contribution in [0.15, 0.2) is 40.8 Å². The lowest BCUT2D eigenvalue weighted by molar-refractivity contribution is -0.154. The van der Waals surface area contributed by atoms with Crippen molar-refractivity contribution in [2.75, 3.05) is 0 Å². The van der Waals surface area contributed by atoms with Gasteiger partial charge >= 0.3 is 5.97 Å². The molecule has 0 N–H and O–H groups in total. The second-order valence-corrected chi connectivity index (χ2v) is 8.02. The number of carbonyl (C=O) groups is 1. The molecule has 0 aliphatic heterocycles. The van der Waals surface area contributed by atoms with E-state index in [-0.39, 0.29) is 17.5 Å². The monoisotopic (exact) mass is 400 g/mol. The van der Waals surface area contributed by atoms with Crippen LogP contribution in [0.1, 0.15) is 45.1 Å². The zero-order valence-corrected chi connectivity index (χ0v) is 16.4. The molecule has 1 saturated carbocycles. The normalized spacial score (nSPS) is 16.2. The van der Waals surface area contributed by atoms with Gasteiger partial charge in [-0.05, 0) is 50.3 Å². The molecule has 0 unspecified atom stereocenters. The molecule has 0 radical (unpaired) electrons. The number of hydrogen-bond donors (Lipinski definition) is 0. The van der Waals surface area contributed by atoms with E-state index in [2.05, 4.69) is 4.98 Å². The van der Waals surface area contributed by atoms with Gasteiger partial charge in [0, 0.05) is 10.9 Å². The average Bonchev–Trinajstić information content (AvgIpc) is 3.14. The third-order valence-corrected chi connectivity index (χ3v) is 6.15. The highest BCUT2D eigenvalue weighted by molar-refractivity contribution is 7.17. The lowest BCUT2D eigenvalue weighted by Gasteiger charge is -2.24. The Morgan fingerprint density at radius 3 is 2.68 bits per heavy atom. The Morgan fingerprint density at radius 2 is 1.96 bits per heavy atom. The Bertz CT molecular complexity index is 1050. The van der Waals surface area contributed by atoms with Gasteiger partial charge in [0.15, 0.2) is 0 Å². The molecule has 0 bridgehead atoms. The van der Waals surface area contributed by atoms with Crippen LogP contribution in [0.4, 0.5) is 4.39 Å². The first kappa shape index (κ1) is 18.8. The maximum Gasteiger partial charge on any atom is 0.329 e. The van der Waals surface area contributed by atoms with Crippen LogP contribution >= 0.6 is 11.3 Å². The topological polar surface area (TPSA) is 61.2 Å². The van der Waals surface area contributed by atoms with Gasteiger partial charge in [-0.3, -0.25) is 9.36 Å². The maximum atomic E-state index is 13.2. The second-order valence-electron chi connectivity index (χ2n) is 7.17. The maximum absolute atomic E-state index is 13.2. The molecule has 146 valence electrons. The number of nitrogens with zero attached hydrogens (tertiary/aromatic N) is 2. The zero-order chi connectivity index (χ0) is 19.7. The number of esters is 1. The SMILES string of the molecule is C[C@@H](C(=O)OC1CCCCC1)n1cnc2scc(-c3ccc(F)cc3)c2c1=O. The van der Waals surface area contributed by atoms with Gasteiger partial charge < -0.3 is 4.74 Å². The predicted molar refractivity (Wildman–Crippen MR) is 107 cm³/mol. The zero-order valence-electron chi connectivity index (χ0n) is 15.6. The van der Waals surface area contributed by atoms with Crippen molar-refractivity contribution in [2.24, 2.45) is 0 Å². The van der Waals surface area contributed by atoms with E-state index in [9.17, 15) is 14.0 Å². The van der Waals surface area contributed by atoms with Gasteiger partial charge in [-0.1, -0.05) is 18.6 Å². The largest absolute Gasteiger partial charge is 0.461 e. The number of thiophene rings is 1. The molecule has 1 atom stereocenters. The van der Waals surface area contributed by atoms with E-state index in [0.717, 1.165) is 31.2 Å². The highest BCUT2D eigenvalue weighted by Gasteiger charge is 2.25. The molecule has 2 aromatic heterocycles. The summed E-state index contributed by atoms with van der Waals surface area (Å²) in [5, 5.41) is 2.28. The first-order valence-electron chi connectivity index (χ1n) is 9.49. The van der Waals surface area contributed by atoms with Crippen molar-refractivity contribution < 1.29 is 13.9 Å². The van der Waals surface area contributed by atoms with E-state index in [1.807, 2.05) is 5.38 Å². The Kier molecular flexibility index (Phi) is 5.26. The molecule has 2 heterocycles. The molecule has 7 heteroatoms. The third kappa shape index (κ3) is 3.58. The van der Waals surface area contributed by atoms with E-state index in [4.69, 9.17) is 4.74 Å². The molecule has 3 aromatic rings. The Hall–Kier alpha value is -2.54. The predicted octanol–water partition coefficient (Wildman–Crippen LogP) is 4.70. The van der Waals surface area contributed by atoms with Crippen LogP contribution in [-0.2, 0) is 9.53 Å². The van der Waals surface area contributed by atoms with Gasteiger partial charge in [0.25, 0.3) is 5.56 Å². The lowest BCUT2D eigenvalue weighted by atomic mass is 9.98. The Balaban J connectivity index is 1.67. The van der Waals surface area contributed by atoms with E-state index >= 15 is 0 Å². The van der Waals surface area contributed by atoms with Crippen LogP contribution in [0, 0.1) is 5.82 Å². The highest BCUT2D eigenvalue weighted by Crippen LogP contribution is 2.31. The number of halogens is 1. The molecule has 28 heavy (non-hydrogen) atoms. The van der Waals surface area contributed by atoms with Crippen molar-refractivity contribution in [1.82, 2.24) is 9.55 Å². The van der Waals surface area contributed by atoms with Crippen molar-refractivity contribution >= 4 is 27.5 Å². The molecule has 1 aromatic carbocycles. The Labute approximate surface area is 165 Å². The van der Waals surface area contributed by atoms with E-state index in [0.29, 0.717) is 15.8 Å². The molecule has 5 nitrogen and oxygen atoms in total. The van der Waals surface area contributed by atoms with Crippen molar-refractivity contribution in [2.45, 2.75) is 51.2 Å². The van der Waals surface area contributed by atoms with Gasteiger partial charge in [-0.15, -0.1) is 11.3 Å². The van der Waals surface area contributed by atoms with Gasteiger partial charge in [0.1, 0.15) is 22.8 Å². The van der Waals surface area contributed by atoms with Gasteiger partial charge in [0.2, 0.25) is 0 Å². The van der Waals surface area contributed by atoms with Crippen molar-refractivity contribution in [3.05, 3.63) is 52.1 Å². The third-order valence-electron chi connectivity index (χ3n) is 5.27. The van der Waals surface area contributed by atoms with Gasteiger partial charge in [0.05, 0.1) is 11.7 Å². The molecule has 1 aliphatic rings. The molecular formula is C21H21FN2O3S. The number of fused-ring (bicyclic) bond motifs is 1. The molecule has 1 fully saturated rings. The van der Waals surface area contributed by atoms with Crippen molar-refractivity contribution in [3.63, 3.8) is 0 Å². The number of rotatable bonds is 4. The fourth-order valence-electron chi connectivity index (χ4n) is 3.62. The summed E-state index contributed by atoms with van der Waals surface area (Å²) in [4.78, 5) is 30.7. The van der Waals surface area contributed by atoms with E-state index < -0.39 is 12.0 Å². The standard InChI is InChI=1S/C21H21FN2O3S/c1-13(21(26)27-16-5-3-2-4-6-16)24-12-23-19-18(20(24)25)17(11-28-19)14-7-9-15(22)10-8-14/h7-13,16H,2-6H2,1H3/t13-/m0/s1. The number of hydrogen-bond acceptors (Lipinski definition) is 5. The van der Waals surface area contributed by atoms with Crippen LogP contribution < -0.4 is 5.56 Å². The minimum atomic E-state index is -0.757. The number of carbonyl (C=O) groups excluding carboxylic acids is 1. The molecule has 0 amide bonds. The van der Waals surface area contributed by atoms with Crippen LogP contribution in [0.25, 0.3) is 21.3 Å². The summed E-state index contributed by atoms with van der Waals surface area (Å²) in [6, 6.07) is 5.23. The molecule has 1 aliphatic carbocycles. The quantitative estimate of drug-likeness (QED) is 0.596. The summed E-state index contributed by atoms with van der Waals surface area (Å²) in [5.41, 5.74) is 1.14. The highest BCUT2D eigenvalue weighted by atomic mass is 32.1. The number of benzene rings is 1. The summed E-state index contributed by atoms with van der Waals surface area (Å²) in [6.07, 6.45) is 6.40. The minimum absolute atomic E-state index is 0.0629. The summed E-state index contributed by atoms with van der Waals surface area (Å²) in [6.45, 7) is 1.66. The molecule has 0 spiro atoms. The summed E-state index contributed by atoms with van der Waals surface area (Å²) < 4.78 is 20.2. The number of aromatic nitrogens is 2. The Morgan fingerprint density at radius 1 is 1.25 bits per heavy atom. The van der Waals surface area contributed by atoms with E-state index in [1.54, 1.807) is 19.1 Å². The first-order chi connectivity index (χ1) is 13.5. The summed E-state index contributed by atoms with van der Waals surface area (Å²) in [7, 11) is 0. The van der Waals surface area contributed by atoms with Crippen LogP contribution in [0.2, 0.25) is 0 Å². The van der Waals surface area contributed by atoms with Crippen LogP contribution in [-0.4, -0.2) is 21.6 Å². The molecular weight excluding hydrogens is 379 g/mol. The fourth-order valence-corrected chi connectivity index (χ4v) is 4.53. The van der Waals surface area contributed by atoms with E-state index in [1.165, 1.54) is 40.8 Å². The van der Waals surface area contributed by atoms with Crippen molar-refractivity contribution in [1.29, 1.82) is 0 Å². The average molecular weight is 400 g/mol. The van der Waals surface area contributed by atoms with Crippen LogP contribution in [0.5, 0.6) is 0 Å². The number of ether oxygens (including phenoxy) is 1. The molecule has 0 saturated heterocycles. The lowest BCUT2D eigenvalue weighted by Crippen LogP contribution is -2.32. The van der Waals surface area contributed by atoms with Crippen molar-refractivity contribution in [3.8, 4) is 11.1 Å². The van der Waals surface area contributed by atoms with Gasteiger partial charge in [-0.2, -0.15) is 0 Å². The summed E-state index contributed by atoms with van der Waals surface area (Å²) in [5.74, 6) is -0.744. The van der Waals surface area contributed by atoms with Crippen LogP contribution in [0.3, 0.4) is 0 Å². The molecule has 4 rings (SSSR count). The van der Waals surface area contributed by atoms with Gasteiger partial charge in [-0.25, -0.2) is 14.2 Å². The first-order valence-corrected chi connectivity index (χ1v) is 10.4. The second kappa shape index (κ2) is 7.83. The smallest absolute Gasteiger partial charge is 0.329 e. The fraction of sp³-hybridized carbons (Fsp3) is 0.381. The summed E-state index contributed by atoms with van der Waals surface area (Å²) >= 11 is 1.35. The minimum Gasteiger partial charge on any atom is -0.461 e.